The molecule has 0 aromatic carbocycles. The van der Waals surface area contributed by atoms with E-state index in [4.69, 9.17) is 0 Å². The van der Waals surface area contributed by atoms with E-state index in [1.165, 1.54) is 49.9 Å². The zero-order valence-corrected chi connectivity index (χ0v) is 14.9. The fraction of sp³-hybridized carbons (Fsp3) is 0.789. The predicted molar refractivity (Wildman–Crippen MR) is 93.9 cm³/mol. The second-order valence-electron chi connectivity index (χ2n) is 7.87. The number of piperidine rings is 1. The third-order valence-corrected chi connectivity index (χ3v) is 6.26. The number of carbonyl (C=O) groups excluding carboxylic acids is 1. The quantitative estimate of drug-likeness (QED) is 0.922. The molecular formula is C19H30N4O. The van der Waals surface area contributed by atoms with Crippen LogP contribution in [0.4, 0.5) is 0 Å². The number of rotatable bonds is 4. The van der Waals surface area contributed by atoms with Crippen molar-refractivity contribution < 1.29 is 4.79 Å². The highest BCUT2D eigenvalue weighted by Gasteiger charge is 2.37. The van der Waals surface area contributed by atoms with Gasteiger partial charge in [0.05, 0.1) is 5.69 Å². The van der Waals surface area contributed by atoms with Gasteiger partial charge >= 0.3 is 0 Å². The Balaban J connectivity index is 1.25. The normalized spacial score (nSPS) is 25.4. The minimum absolute atomic E-state index is 0.309. The molecule has 0 saturated carbocycles. The highest BCUT2D eigenvalue weighted by Crippen LogP contribution is 2.26. The van der Waals surface area contributed by atoms with Crippen molar-refractivity contribution in [1.82, 2.24) is 20.0 Å². The Morgan fingerprint density at radius 1 is 1.21 bits per heavy atom. The lowest BCUT2D eigenvalue weighted by atomic mass is 9.94. The molecule has 2 aliphatic heterocycles. The number of likely N-dealkylation sites (tertiary alicyclic amines) is 2. The van der Waals surface area contributed by atoms with Crippen molar-refractivity contribution in [3.63, 3.8) is 0 Å². The Hall–Kier alpha value is -1.36. The fourth-order valence-corrected chi connectivity index (χ4v) is 4.67. The standard InChI is InChI=1S/C19H30N4O/c1-14-6-4-5-11-23(14)15-12-22(13-15)19(24)10-9-18-16-7-2-3-8-17(16)20-21-18/h14-15H,2-13H2,1H3,(H,20,21)/t14-/m1/s1. The summed E-state index contributed by atoms with van der Waals surface area (Å²) >= 11 is 0. The highest BCUT2D eigenvalue weighted by atomic mass is 16.2. The van der Waals surface area contributed by atoms with Crippen LogP contribution in [0.25, 0.3) is 0 Å². The highest BCUT2D eigenvalue weighted by molar-refractivity contribution is 5.77. The van der Waals surface area contributed by atoms with Gasteiger partial charge in [-0.05, 0) is 57.6 Å². The summed E-state index contributed by atoms with van der Waals surface area (Å²) in [5.74, 6) is 0.309. The molecule has 0 unspecified atom stereocenters. The van der Waals surface area contributed by atoms with Crippen LogP contribution in [0.15, 0.2) is 0 Å². The molecule has 3 aliphatic rings. The maximum Gasteiger partial charge on any atom is 0.223 e. The average molecular weight is 330 g/mol. The minimum atomic E-state index is 0.309. The summed E-state index contributed by atoms with van der Waals surface area (Å²) in [6.45, 7) is 5.42. The van der Waals surface area contributed by atoms with Crippen molar-refractivity contribution in [1.29, 1.82) is 0 Å². The zero-order valence-electron chi connectivity index (χ0n) is 14.9. The molecule has 24 heavy (non-hydrogen) atoms. The van der Waals surface area contributed by atoms with Crippen molar-refractivity contribution in [2.45, 2.75) is 76.8 Å². The van der Waals surface area contributed by atoms with Crippen molar-refractivity contribution in [3.05, 3.63) is 17.0 Å². The van der Waals surface area contributed by atoms with E-state index in [2.05, 4.69) is 22.0 Å². The van der Waals surface area contributed by atoms with Gasteiger partial charge in [0, 0.05) is 43.7 Å². The van der Waals surface area contributed by atoms with Crippen LogP contribution in [-0.4, -0.2) is 57.6 Å². The van der Waals surface area contributed by atoms with Crippen molar-refractivity contribution >= 4 is 5.91 Å². The molecule has 132 valence electrons. The van der Waals surface area contributed by atoms with Gasteiger partial charge in [-0.25, -0.2) is 0 Å². The van der Waals surface area contributed by atoms with E-state index >= 15 is 0 Å². The summed E-state index contributed by atoms with van der Waals surface area (Å²) in [5, 5.41) is 7.65. The Morgan fingerprint density at radius 2 is 2.04 bits per heavy atom. The van der Waals surface area contributed by atoms with E-state index in [1.54, 1.807) is 0 Å². The van der Waals surface area contributed by atoms with E-state index in [1.807, 2.05) is 4.90 Å². The zero-order chi connectivity index (χ0) is 16.5. The number of hydrogen-bond donors (Lipinski definition) is 1. The molecular weight excluding hydrogens is 300 g/mol. The molecule has 5 nitrogen and oxygen atoms in total. The monoisotopic (exact) mass is 330 g/mol. The molecule has 3 heterocycles. The van der Waals surface area contributed by atoms with E-state index in [9.17, 15) is 4.79 Å². The van der Waals surface area contributed by atoms with E-state index in [0.29, 0.717) is 24.4 Å². The second kappa shape index (κ2) is 6.87. The summed E-state index contributed by atoms with van der Waals surface area (Å²) < 4.78 is 0. The lowest BCUT2D eigenvalue weighted by molar-refractivity contribution is -0.139. The number of aromatic amines is 1. The molecule has 0 radical (unpaired) electrons. The largest absolute Gasteiger partial charge is 0.339 e. The Bertz CT molecular complexity index is 590. The topological polar surface area (TPSA) is 52.2 Å². The van der Waals surface area contributed by atoms with Crippen LogP contribution in [0, 0.1) is 0 Å². The number of H-pyrrole nitrogens is 1. The third-order valence-electron chi connectivity index (χ3n) is 6.26. The molecule has 2 saturated heterocycles. The summed E-state index contributed by atoms with van der Waals surface area (Å²) in [7, 11) is 0. The molecule has 1 aromatic heterocycles. The fourth-order valence-electron chi connectivity index (χ4n) is 4.67. The van der Waals surface area contributed by atoms with Crippen LogP contribution in [-0.2, 0) is 24.1 Å². The molecule has 1 N–H and O–H groups in total. The van der Waals surface area contributed by atoms with Crippen LogP contribution in [0.2, 0.25) is 0 Å². The maximum atomic E-state index is 12.5. The molecule has 2 fully saturated rings. The number of hydrogen-bond acceptors (Lipinski definition) is 3. The van der Waals surface area contributed by atoms with Gasteiger partial charge in [-0.2, -0.15) is 5.10 Å². The molecule has 0 spiro atoms. The first-order valence-electron chi connectivity index (χ1n) is 9.81. The lowest BCUT2D eigenvalue weighted by Gasteiger charge is -2.49. The van der Waals surface area contributed by atoms with E-state index < -0.39 is 0 Å². The molecule has 1 aromatic rings. The van der Waals surface area contributed by atoms with Gasteiger partial charge < -0.3 is 4.90 Å². The number of fused-ring (bicyclic) bond motifs is 1. The van der Waals surface area contributed by atoms with Crippen LogP contribution in [0.1, 0.15) is 62.4 Å². The minimum Gasteiger partial charge on any atom is -0.339 e. The van der Waals surface area contributed by atoms with Gasteiger partial charge in [0.2, 0.25) is 5.91 Å². The Labute approximate surface area is 144 Å². The Morgan fingerprint density at radius 3 is 2.88 bits per heavy atom. The van der Waals surface area contributed by atoms with Crippen LogP contribution in [0.3, 0.4) is 0 Å². The first-order chi connectivity index (χ1) is 11.7. The van der Waals surface area contributed by atoms with E-state index in [-0.39, 0.29) is 0 Å². The summed E-state index contributed by atoms with van der Waals surface area (Å²) in [6.07, 6.45) is 10.2. The number of aromatic nitrogens is 2. The van der Waals surface area contributed by atoms with Crippen LogP contribution < -0.4 is 0 Å². The third kappa shape index (κ3) is 3.10. The number of aryl methyl sites for hydroxylation is 2. The second-order valence-corrected chi connectivity index (χ2v) is 7.87. The molecule has 1 atom stereocenters. The number of amides is 1. The molecule has 0 bridgehead atoms. The summed E-state index contributed by atoms with van der Waals surface area (Å²) in [5.41, 5.74) is 3.85. The summed E-state index contributed by atoms with van der Waals surface area (Å²) in [6, 6.07) is 1.29. The SMILES string of the molecule is C[C@@H]1CCCCN1C1CN(C(=O)CCc2n[nH]c3c2CCCC3)C1. The number of carbonyl (C=O) groups is 1. The van der Waals surface area contributed by atoms with Crippen molar-refractivity contribution in [2.24, 2.45) is 0 Å². The van der Waals surface area contributed by atoms with Crippen LogP contribution in [0.5, 0.6) is 0 Å². The van der Waals surface area contributed by atoms with Crippen LogP contribution >= 0.6 is 0 Å². The van der Waals surface area contributed by atoms with Gasteiger partial charge in [0.25, 0.3) is 0 Å². The smallest absolute Gasteiger partial charge is 0.223 e. The molecule has 5 heteroatoms. The van der Waals surface area contributed by atoms with Gasteiger partial charge in [-0.1, -0.05) is 6.42 Å². The Kier molecular flexibility index (Phi) is 4.61. The number of nitrogens with one attached hydrogen (secondary N) is 1. The van der Waals surface area contributed by atoms with Gasteiger partial charge in [0.15, 0.2) is 0 Å². The molecule has 1 amide bonds. The van der Waals surface area contributed by atoms with Gasteiger partial charge in [-0.3, -0.25) is 14.8 Å². The lowest BCUT2D eigenvalue weighted by Crippen LogP contribution is -2.63. The van der Waals surface area contributed by atoms with E-state index in [0.717, 1.165) is 38.0 Å². The van der Waals surface area contributed by atoms with Gasteiger partial charge in [0.1, 0.15) is 0 Å². The first-order valence-corrected chi connectivity index (χ1v) is 9.81. The van der Waals surface area contributed by atoms with Gasteiger partial charge in [-0.15, -0.1) is 0 Å². The maximum absolute atomic E-state index is 12.5. The van der Waals surface area contributed by atoms with Crippen molar-refractivity contribution in [2.75, 3.05) is 19.6 Å². The summed E-state index contributed by atoms with van der Waals surface area (Å²) in [4.78, 5) is 17.1. The first kappa shape index (κ1) is 16.1. The predicted octanol–water partition coefficient (Wildman–Crippen LogP) is 2.31. The molecule has 1 aliphatic carbocycles. The number of nitrogens with zero attached hydrogens (tertiary/aromatic N) is 3. The average Bonchev–Trinajstić information content (AvgIpc) is 2.96. The molecule has 4 rings (SSSR count). The van der Waals surface area contributed by atoms with Crippen molar-refractivity contribution in [3.8, 4) is 0 Å².